The Morgan fingerprint density at radius 2 is 1.71 bits per heavy atom. The van der Waals surface area contributed by atoms with Crippen molar-refractivity contribution < 1.29 is 13.0 Å². The minimum absolute atomic E-state index is 0.185. The van der Waals surface area contributed by atoms with E-state index in [1.807, 2.05) is 18.2 Å². The van der Waals surface area contributed by atoms with Gasteiger partial charge in [-0.2, -0.15) is 8.42 Å². The fourth-order valence-corrected chi connectivity index (χ4v) is 1.48. The average Bonchev–Trinajstić information content (AvgIpc) is 2.31. The number of benzene rings is 1. The molecule has 1 heterocycles. The van der Waals surface area contributed by atoms with Crippen LogP contribution in [0.5, 0.6) is 0 Å². The summed E-state index contributed by atoms with van der Waals surface area (Å²) in [5, 5.41) is 0. The van der Waals surface area contributed by atoms with Crippen LogP contribution in [0.3, 0.4) is 0 Å². The molecule has 0 unspecified atom stereocenters. The fourth-order valence-electron chi connectivity index (χ4n) is 1.03. The molecule has 0 radical (unpaired) electrons. The van der Waals surface area contributed by atoms with Crippen molar-refractivity contribution >= 4 is 10.1 Å². The Balaban J connectivity index is 0.000000181. The number of pyridine rings is 1. The van der Waals surface area contributed by atoms with Gasteiger partial charge >= 0.3 is 0 Å². The number of aromatic nitrogens is 1. The van der Waals surface area contributed by atoms with Crippen LogP contribution in [-0.2, 0) is 10.1 Å². The third-order valence-corrected chi connectivity index (χ3v) is 2.71. The van der Waals surface area contributed by atoms with E-state index in [-0.39, 0.29) is 4.90 Å². The van der Waals surface area contributed by atoms with Crippen LogP contribution in [0.25, 0.3) is 0 Å². The summed E-state index contributed by atoms with van der Waals surface area (Å²) in [5.41, 5.74) is 1.32. The summed E-state index contributed by atoms with van der Waals surface area (Å²) in [7, 11) is -4.07. The van der Waals surface area contributed by atoms with Gasteiger partial charge in [0.15, 0.2) is 0 Å². The number of rotatable bonds is 1. The van der Waals surface area contributed by atoms with Crippen molar-refractivity contribution in [3.8, 4) is 0 Å². The standard InChI is InChI=1S/C7H8.C5H5NO3S/c1-7-5-3-2-4-6-7;7-10(8,9)5-2-1-3-6-4-5/h2-6H,1H3;1-4H,(H,7,8,9). The molecular formula is C12H13NO3S. The molecule has 0 aliphatic heterocycles. The lowest BCUT2D eigenvalue weighted by atomic mass is 10.2. The Labute approximate surface area is 101 Å². The quantitative estimate of drug-likeness (QED) is 0.790. The van der Waals surface area contributed by atoms with Gasteiger partial charge in [0.2, 0.25) is 0 Å². The van der Waals surface area contributed by atoms with Gasteiger partial charge in [0.1, 0.15) is 4.90 Å². The molecule has 2 aromatic rings. The molecule has 0 spiro atoms. The van der Waals surface area contributed by atoms with Gasteiger partial charge < -0.3 is 0 Å². The molecule has 90 valence electrons. The molecule has 0 saturated heterocycles. The van der Waals surface area contributed by atoms with E-state index in [2.05, 4.69) is 24.0 Å². The molecule has 5 heteroatoms. The van der Waals surface area contributed by atoms with Crippen molar-refractivity contribution in [1.82, 2.24) is 4.98 Å². The number of hydrogen-bond acceptors (Lipinski definition) is 3. The Morgan fingerprint density at radius 1 is 1.06 bits per heavy atom. The molecule has 0 bridgehead atoms. The third-order valence-electron chi connectivity index (χ3n) is 1.87. The Kier molecular flexibility index (Phi) is 4.81. The fraction of sp³-hybridized carbons (Fsp3) is 0.0833. The second kappa shape index (κ2) is 6.12. The molecule has 1 aromatic heterocycles. The summed E-state index contributed by atoms with van der Waals surface area (Å²) in [5.74, 6) is 0. The zero-order valence-corrected chi connectivity index (χ0v) is 10.1. The molecule has 1 N–H and O–H groups in total. The van der Waals surface area contributed by atoms with Gasteiger partial charge in [0, 0.05) is 12.4 Å². The highest BCUT2D eigenvalue weighted by atomic mass is 32.2. The van der Waals surface area contributed by atoms with Crippen LogP contribution >= 0.6 is 0 Å². The highest BCUT2D eigenvalue weighted by Gasteiger charge is 2.06. The van der Waals surface area contributed by atoms with E-state index in [4.69, 9.17) is 4.55 Å². The van der Waals surface area contributed by atoms with Gasteiger partial charge in [0.05, 0.1) is 0 Å². The predicted octanol–water partition coefficient (Wildman–Crippen LogP) is 2.32. The summed E-state index contributed by atoms with van der Waals surface area (Å²) in [6, 6.07) is 13.0. The van der Waals surface area contributed by atoms with Gasteiger partial charge in [-0.15, -0.1) is 0 Å². The number of nitrogens with zero attached hydrogens (tertiary/aromatic N) is 1. The molecule has 0 aliphatic carbocycles. The zero-order chi connectivity index (χ0) is 12.7. The first-order valence-electron chi connectivity index (χ1n) is 4.89. The number of hydrogen-bond donors (Lipinski definition) is 1. The first-order valence-corrected chi connectivity index (χ1v) is 6.33. The topological polar surface area (TPSA) is 67.3 Å². The van der Waals surface area contributed by atoms with E-state index < -0.39 is 10.1 Å². The maximum atomic E-state index is 10.3. The van der Waals surface area contributed by atoms with Gasteiger partial charge in [-0.25, -0.2) is 0 Å². The Hall–Kier alpha value is -1.72. The zero-order valence-electron chi connectivity index (χ0n) is 9.32. The van der Waals surface area contributed by atoms with Gasteiger partial charge in [-0.1, -0.05) is 35.9 Å². The van der Waals surface area contributed by atoms with Crippen molar-refractivity contribution in [3.05, 3.63) is 60.4 Å². The van der Waals surface area contributed by atoms with E-state index in [9.17, 15) is 8.42 Å². The highest BCUT2D eigenvalue weighted by Crippen LogP contribution is 2.03. The molecule has 0 fully saturated rings. The summed E-state index contributed by atoms with van der Waals surface area (Å²) < 4.78 is 29.1. The average molecular weight is 251 g/mol. The normalized spacial score (nSPS) is 10.2. The summed E-state index contributed by atoms with van der Waals surface area (Å²) in [6.07, 6.45) is 2.50. The van der Waals surface area contributed by atoms with Gasteiger partial charge in [-0.05, 0) is 19.1 Å². The number of aryl methyl sites for hydroxylation is 1. The van der Waals surface area contributed by atoms with Crippen LogP contribution in [0.15, 0.2) is 59.8 Å². The second-order valence-corrected chi connectivity index (χ2v) is 4.74. The van der Waals surface area contributed by atoms with Gasteiger partial charge in [-0.3, -0.25) is 9.54 Å². The van der Waals surface area contributed by atoms with Crippen molar-refractivity contribution in [1.29, 1.82) is 0 Å². The van der Waals surface area contributed by atoms with Crippen LogP contribution in [-0.4, -0.2) is 18.0 Å². The summed E-state index contributed by atoms with van der Waals surface area (Å²) in [4.78, 5) is 3.33. The summed E-state index contributed by atoms with van der Waals surface area (Å²) in [6.45, 7) is 2.08. The van der Waals surface area contributed by atoms with E-state index in [0.29, 0.717) is 0 Å². The lowest BCUT2D eigenvalue weighted by Crippen LogP contribution is -1.97. The molecule has 4 nitrogen and oxygen atoms in total. The molecule has 0 saturated carbocycles. The van der Waals surface area contributed by atoms with Crippen molar-refractivity contribution in [2.45, 2.75) is 11.8 Å². The maximum absolute atomic E-state index is 10.3. The maximum Gasteiger partial charge on any atom is 0.296 e. The first-order chi connectivity index (χ1) is 8.00. The largest absolute Gasteiger partial charge is 0.296 e. The predicted molar refractivity (Wildman–Crippen MR) is 65.2 cm³/mol. The van der Waals surface area contributed by atoms with Crippen LogP contribution in [0.1, 0.15) is 5.56 Å². The third kappa shape index (κ3) is 5.24. The SMILES string of the molecule is Cc1ccccc1.O=S(=O)(O)c1cccnc1. The van der Waals surface area contributed by atoms with Crippen LogP contribution < -0.4 is 0 Å². The van der Waals surface area contributed by atoms with Crippen LogP contribution in [0.4, 0.5) is 0 Å². The highest BCUT2D eigenvalue weighted by molar-refractivity contribution is 7.85. The van der Waals surface area contributed by atoms with Crippen LogP contribution in [0.2, 0.25) is 0 Å². The molecule has 2 rings (SSSR count). The summed E-state index contributed by atoms with van der Waals surface area (Å²) >= 11 is 0. The smallest absolute Gasteiger partial charge is 0.282 e. The second-order valence-electron chi connectivity index (χ2n) is 3.32. The van der Waals surface area contributed by atoms with E-state index >= 15 is 0 Å². The van der Waals surface area contributed by atoms with E-state index in [1.165, 1.54) is 23.9 Å². The molecule has 0 amide bonds. The van der Waals surface area contributed by atoms with E-state index in [0.717, 1.165) is 6.20 Å². The lowest BCUT2D eigenvalue weighted by Gasteiger charge is -1.91. The minimum Gasteiger partial charge on any atom is -0.282 e. The van der Waals surface area contributed by atoms with Crippen molar-refractivity contribution in [2.24, 2.45) is 0 Å². The van der Waals surface area contributed by atoms with Gasteiger partial charge in [0.25, 0.3) is 10.1 Å². The van der Waals surface area contributed by atoms with Crippen LogP contribution in [0, 0.1) is 6.92 Å². The van der Waals surface area contributed by atoms with Crippen molar-refractivity contribution in [2.75, 3.05) is 0 Å². The molecule has 0 aliphatic rings. The Morgan fingerprint density at radius 3 is 2.00 bits per heavy atom. The molecular weight excluding hydrogens is 238 g/mol. The molecule has 1 aromatic carbocycles. The monoisotopic (exact) mass is 251 g/mol. The Bertz CT molecular complexity index is 538. The van der Waals surface area contributed by atoms with Crippen molar-refractivity contribution in [3.63, 3.8) is 0 Å². The minimum atomic E-state index is -4.07. The van der Waals surface area contributed by atoms with E-state index in [1.54, 1.807) is 0 Å². The molecule has 17 heavy (non-hydrogen) atoms. The molecule has 0 atom stereocenters. The first kappa shape index (κ1) is 13.3. The lowest BCUT2D eigenvalue weighted by molar-refractivity contribution is 0.483.